The van der Waals surface area contributed by atoms with Crippen molar-refractivity contribution < 1.29 is 0 Å². The van der Waals surface area contributed by atoms with Crippen molar-refractivity contribution in [2.24, 2.45) is 11.3 Å². The Morgan fingerprint density at radius 2 is 2.18 bits per heavy atom. The lowest BCUT2D eigenvalue weighted by molar-refractivity contribution is 0.216. The maximum absolute atomic E-state index is 4.26. The number of H-pyrrole nitrogens is 1. The molecule has 1 atom stereocenters. The summed E-state index contributed by atoms with van der Waals surface area (Å²) in [5, 5.41) is 1.33. The Morgan fingerprint density at radius 3 is 2.94 bits per heavy atom. The number of rotatable bonds is 0. The highest BCUT2D eigenvalue weighted by Gasteiger charge is 2.30. The van der Waals surface area contributed by atoms with Crippen LogP contribution in [0.15, 0.2) is 18.5 Å². The van der Waals surface area contributed by atoms with Crippen molar-refractivity contribution in [3.05, 3.63) is 29.7 Å². The number of hydrogen-bond donors (Lipinski definition) is 1. The third kappa shape index (κ3) is 1.76. The van der Waals surface area contributed by atoms with Crippen LogP contribution in [0.4, 0.5) is 0 Å². The quantitative estimate of drug-likeness (QED) is 0.731. The molecule has 0 aliphatic heterocycles. The van der Waals surface area contributed by atoms with Crippen LogP contribution in [0.3, 0.4) is 0 Å². The van der Waals surface area contributed by atoms with Gasteiger partial charge in [-0.2, -0.15) is 0 Å². The molecule has 0 amide bonds. The molecule has 1 N–H and O–H groups in total. The Bertz CT molecular complexity index is 546. The lowest BCUT2D eigenvalue weighted by Crippen LogP contribution is -2.26. The van der Waals surface area contributed by atoms with E-state index in [1.165, 1.54) is 41.4 Å². The topological polar surface area (TPSA) is 28.7 Å². The molecule has 1 aliphatic carbocycles. The van der Waals surface area contributed by atoms with Crippen molar-refractivity contribution in [3.8, 4) is 0 Å². The molecular formula is C15H20N2. The van der Waals surface area contributed by atoms with Gasteiger partial charge in [-0.25, -0.2) is 0 Å². The van der Waals surface area contributed by atoms with Gasteiger partial charge in [0.25, 0.3) is 0 Å². The van der Waals surface area contributed by atoms with E-state index in [0.717, 1.165) is 5.92 Å². The smallest absolute Gasteiger partial charge is 0.0490 e. The fourth-order valence-electron chi connectivity index (χ4n) is 3.00. The largest absolute Gasteiger partial charge is 0.358 e. The molecule has 0 saturated heterocycles. The van der Waals surface area contributed by atoms with Crippen LogP contribution >= 0.6 is 0 Å². The van der Waals surface area contributed by atoms with Gasteiger partial charge in [-0.1, -0.05) is 20.8 Å². The van der Waals surface area contributed by atoms with Crippen LogP contribution in [0.2, 0.25) is 0 Å². The van der Waals surface area contributed by atoms with Crippen molar-refractivity contribution in [2.75, 3.05) is 0 Å². The summed E-state index contributed by atoms with van der Waals surface area (Å²) in [7, 11) is 0. The fourth-order valence-corrected chi connectivity index (χ4v) is 3.00. The Kier molecular flexibility index (Phi) is 2.29. The maximum atomic E-state index is 4.26. The molecule has 90 valence electrons. The molecule has 0 fully saturated rings. The van der Waals surface area contributed by atoms with E-state index in [9.17, 15) is 0 Å². The van der Waals surface area contributed by atoms with Crippen LogP contribution in [0, 0.1) is 11.3 Å². The van der Waals surface area contributed by atoms with Gasteiger partial charge in [0, 0.05) is 29.0 Å². The fraction of sp³-hybridized carbons (Fsp3) is 0.533. The van der Waals surface area contributed by atoms with Crippen molar-refractivity contribution in [3.63, 3.8) is 0 Å². The third-order valence-corrected chi connectivity index (χ3v) is 4.21. The first-order valence-corrected chi connectivity index (χ1v) is 6.49. The Balaban J connectivity index is 2.06. The standard InChI is InChI=1S/C15H20N2/c1-15(2,3)10-4-5-13-11(8-10)12-9-16-7-6-14(12)17-13/h6-7,9-10,17H,4-5,8H2,1-3H3/t10-/m0/s1. The molecule has 3 rings (SSSR count). The van der Waals surface area contributed by atoms with Gasteiger partial charge in [0.15, 0.2) is 0 Å². The van der Waals surface area contributed by atoms with Crippen LogP contribution in [0.1, 0.15) is 38.4 Å². The molecule has 2 heterocycles. The number of aromatic amines is 1. The van der Waals surface area contributed by atoms with Crippen LogP contribution in [0.25, 0.3) is 10.9 Å². The number of aryl methyl sites for hydroxylation is 1. The minimum absolute atomic E-state index is 0.406. The van der Waals surface area contributed by atoms with Crippen LogP contribution in [-0.2, 0) is 12.8 Å². The molecule has 2 nitrogen and oxygen atoms in total. The van der Waals surface area contributed by atoms with E-state index in [4.69, 9.17) is 0 Å². The number of fused-ring (bicyclic) bond motifs is 3. The van der Waals surface area contributed by atoms with Crippen molar-refractivity contribution in [2.45, 2.75) is 40.0 Å². The van der Waals surface area contributed by atoms with Gasteiger partial charge < -0.3 is 4.98 Å². The summed E-state index contributed by atoms with van der Waals surface area (Å²) in [4.78, 5) is 7.81. The summed E-state index contributed by atoms with van der Waals surface area (Å²) < 4.78 is 0. The molecule has 0 unspecified atom stereocenters. The minimum Gasteiger partial charge on any atom is -0.358 e. The van der Waals surface area contributed by atoms with E-state index < -0.39 is 0 Å². The molecule has 0 spiro atoms. The van der Waals surface area contributed by atoms with E-state index in [-0.39, 0.29) is 0 Å². The second-order valence-electron chi connectivity index (χ2n) is 6.31. The highest BCUT2D eigenvalue weighted by molar-refractivity contribution is 5.83. The highest BCUT2D eigenvalue weighted by Crippen LogP contribution is 2.39. The van der Waals surface area contributed by atoms with E-state index in [1.807, 2.05) is 12.4 Å². The first kappa shape index (κ1) is 10.8. The van der Waals surface area contributed by atoms with Gasteiger partial charge >= 0.3 is 0 Å². The average molecular weight is 228 g/mol. The van der Waals surface area contributed by atoms with Gasteiger partial charge in [0.05, 0.1) is 0 Å². The van der Waals surface area contributed by atoms with E-state index >= 15 is 0 Å². The molecule has 0 radical (unpaired) electrons. The van der Waals surface area contributed by atoms with Gasteiger partial charge in [0.2, 0.25) is 0 Å². The highest BCUT2D eigenvalue weighted by atomic mass is 14.7. The van der Waals surface area contributed by atoms with Gasteiger partial charge in [-0.15, -0.1) is 0 Å². The Labute approximate surface area is 102 Å². The third-order valence-electron chi connectivity index (χ3n) is 4.21. The zero-order chi connectivity index (χ0) is 12.0. The lowest BCUT2D eigenvalue weighted by Gasteiger charge is -2.33. The molecular weight excluding hydrogens is 208 g/mol. The van der Waals surface area contributed by atoms with Gasteiger partial charge in [-0.05, 0) is 42.2 Å². The molecule has 0 bridgehead atoms. The Morgan fingerprint density at radius 1 is 1.35 bits per heavy atom. The molecule has 0 saturated carbocycles. The molecule has 2 aromatic rings. The number of pyridine rings is 1. The van der Waals surface area contributed by atoms with Crippen molar-refractivity contribution in [1.82, 2.24) is 9.97 Å². The summed E-state index contributed by atoms with van der Waals surface area (Å²) in [5.74, 6) is 0.786. The summed E-state index contributed by atoms with van der Waals surface area (Å²) in [6, 6.07) is 2.08. The number of hydrogen-bond acceptors (Lipinski definition) is 1. The van der Waals surface area contributed by atoms with Gasteiger partial charge in [0.1, 0.15) is 0 Å². The maximum Gasteiger partial charge on any atom is 0.0490 e. The minimum atomic E-state index is 0.406. The van der Waals surface area contributed by atoms with E-state index in [0.29, 0.717) is 5.41 Å². The second kappa shape index (κ2) is 3.59. The Hall–Kier alpha value is -1.31. The molecule has 2 heteroatoms. The van der Waals surface area contributed by atoms with Crippen molar-refractivity contribution >= 4 is 10.9 Å². The lowest BCUT2D eigenvalue weighted by atomic mass is 9.71. The first-order chi connectivity index (χ1) is 8.05. The van der Waals surface area contributed by atoms with E-state index in [1.54, 1.807) is 0 Å². The summed E-state index contributed by atoms with van der Waals surface area (Å²) in [6.07, 6.45) is 7.56. The molecule has 17 heavy (non-hydrogen) atoms. The molecule has 1 aliphatic rings. The normalized spacial score (nSPS) is 20.5. The molecule has 2 aromatic heterocycles. The second-order valence-corrected chi connectivity index (χ2v) is 6.31. The zero-order valence-corrected chi connectivity index (χ0v) is 10.9. The predicted octanol–water partition coefficient (Wildman–Crippen LogP) is 3.71. The van der Waals surface area contributed by atoms with E-state index in [2.05, 4.69) is 36.8 Å². The van der Waals surface area contributed by atoms with Crippen LogP contribution in [-0.4, -0.2) is 9.97 Å². The van der Waals surface area contributed by atoms with Crippen molar-refractivity contribution in [1.29, 1.82) is 0 Å². The van der Waals surface area contributed by atoms with Crippen LogP contribution in [0.5, 0.6) is 0 Å². The van der Waals surface area contributed by atoms with Crippen LogP contribution < -0.4 is 0 Å². The van der Waals surface area contributed by atoms with Gasteiger partial charge in [-0.3, -0.25) is 4.98 Å². The summed E-state index contributed by atoms with van der Waals surface area (Å²) >= 11 is 0. The SMILES string of the molecule is CC(C)(C)[C@H]1CCc2[nH]c3ccncc3c2C1. The monoisotopic (exact) mass is 228 g/mol. The number of nitrogens with one attached hydrogen (secondary N) is 1. The average Bonchev–Trinajstić information content (AvgIpc) is 2.65. The predicted molar refractivity (Wildman–Crippen MR) is 71.1 cm³/mol. The zero-order valence-electron chi connectivity index (χ0n) is 10.9. The first-order valence-electron chi connectivity index (χ1n) is 6.49. The summed E-state index contributed by atoms with van der Waals surface area (Å²) in [5.41, 5.74) is 4.61. The number of aromatic nitrogens is 2. The number of nitrogens with zero attached hydrogens (tertiary/aromatic N) is 1. The molecule has 0 aromatic carbocycles. The summed E-state index contributed by atoms with van der Waals surface area (Å²) in [6.45, 7) is 7.07.